The minimum Gasteiger partial charge on any atom is -0.328 e. The Labute approximate surface area is 122 Å². The largest absolute Gasteiger partial charge is 0.328 e. The molecule has 0 atom stereocenters. The number of carbonyl (C=O) groups excluding carboxylic acids is 2. The highest BCUT2D eigenvalue weighted by Gasteiger charge is 2.17. The third-order valence-corrected chi connectivity index (χ3v) is 2.76. The first-order chi connectivity index (χ1) is 10.2. The minimum absolute atomic E-state index is 0.314. The van der Waals surface area contributed by atoms with Crippen LogP contribution >= 0.6 is 0 Å². The number of anilines is 2. The lowest BCUT2D eigenvalue weighted by Crippen LogP contribution is -2.42. The van der Waals surface area contributed by atoms with Gasteiger partial charge >= 0.3 is 6.03 Å². The maximum atomic E-state index is 12.3. The van der Waals surface area contributed by atoms with Gasteiger partial charge < -0.3 is 5.32 Å². The summed E-state index contributed by atoms with van der Waals surface area (Å²) in [6.45, 7) is -0.314. The van der Waals surface area contributed by atoms with Gasteiger partial charge in [0.05, 0.1) is 11.4 Å². The van der Waals surface area contributed by atoms with Gasteiger partial charge in [0.25, 0.3) is 5.91 Å². The van der Waals surface area contributed by atoms with Crippen molar-refractivity contribution in [2.24, 2.45) is 0 Å². The van der Waals surface area contributed by atoms with Crippen molar-refractivity contribution in [3.05, 3.63) is 60.7 Å². The van der Waals surface area contributed by atoms with Gasteiger partial charge in [-0.05, 0) is 24.3 Å². The zero-order valence-corrected chi connectivity index (χ0v) is 11.2. The Kier molecular flexibility index (Phi) is 4.89. The molecule has 21 heavy (non-hydrogen) atoms. The summed E-state index contributed by atoms with van der Waals surface area (Å²) in [6, 6.07) is 17.7. The molecule has 0 saturated heterocycles. The Balaban J connectivity index is 2.25. The van der Waals surface area contributed by atoms with Crippen LogP contribution in [-0.4, -0.2) is 23.7 Å². The molecule has 0 aliphatic rings. The molecule has 2 aromatic carbocycles. The first-order valence-electron chi connectivity index (χ1n) is 6.33. The zero-order chi connectivity index (χ0) is 15.1. The molecule has 0 bridgehead atoms. The quantitative estimate of drug-likeness (QED) is 0.594. The minimum atomic E-state index is -0.690. The Bertz CT molecular complexity index is 563. The van der Waals surface area contributed by atoms with Crippen LogP contribution in [0.5, 0.6) is 0 Å². The second-order valence-corrected chi connectivity index (χ2v) is 4.20. The average Bonchev–Trinajstić information content (AvgIpc) is 2.55. The fraction of sp³-hybridized carbons (Fsp3) is 0.0667. The number of carbonyl (C=O) groups is 2. The second kappa shape index (κ2) is 7.06. The second-order valence-electron chi connectivity index (χ2n) is 4.20. The van der Waals surface area contributed by atoms with Crippen molar-refractivity contribution in [3.63, 3.8) is 0 Å². The molecule has 2 aromatic rings. The number of rotatable bonds is 4. The first-order valence-corrected chi connectivity index (χ1v) is 6.33. The molecular formula is C15H15N3O3. The van der Waals surface area contributed by atoms with Gasteiger partial charge in [-0.25, -0.2) is 10.3 Å². The van der Waals surface area contributed by atoms with Gasteiger partial charge in [-0.1, -0.05) is 36.4 Å². The number of nitrogens with one attached hydrogen (secondary N) is 2. The Morgan fingerprint density at radius 1 is 0.905 bits per heavy atom. The van der Waals surface area contributed by atoms with E-state index in [1.165, 1.54) is 10.4 Å². The first kappa shape index (κ1) is 14.5. The summed E-state index contributed by atoms with van der Waals surface area (Å²) in [5.41, 5.74) is 2.81. The van der Waals surface area contributed by atoms with Crippen LogP contribution in [0.1, 0.15) is 0 Å². The van der Waals surface area contributed by atoms with Crippen LogP contribution in [0.3, 0.4) is 0 Å². The lowest BCUT2D eigenvalue weighted by Gasteiger charge is -2.23. The fourth-order valence-electron chi connectivity index (χ4n) is 1.81. The molecule has 3 N–H and O–H groups in total. The molecule has 0 aromatic heterocycles. The van der Waals surface area contributed by atoms with Crippen molar-refractivity contribution < 1.29 is 14.8 Å². The molecule has 3 amide bonds. The Morgan fingerprint density at radius 2 is 1.38 bits per heavy atom. The average molecular weight is 285 g/mol. The number of amides is 3. The van der Waals surface area contributed by atoms with E-state index in [9.17, 15) is 9.59 Å². The normalized spacial score (nSPS) is 9.76. The van der Waals surface area contributed by atoms with E-state index in [4.69, 9.17) is 5.21 Å². The molecule has 2 rings (SSSR count). The van der Waals surface area contributed by atoms with Crippen molar-refractivity contribution >= 4 is 23.3 Å². The summed E-state index contributed by atoms with van der Waals surface area (Å²) in [4.78, 5) is 24.8. The van der Waals surface area contributed by atoms with Crippen molar-refractivity contribution in [3.8, 4) is 0 Å². The third-order valence-electron chi connectivity index (χ3n) is 2.76. The van der Waals surface area contributed by atoms with Crippen LogP contribution < -0.4 is 15.7 Å². The van der Waals surface area contributed by atoms with E-state index in [2.05, 4.69) is 5.32 Å². The summed E-state index contributed by atoms with van der Waals surface area (Å²) in [5, 5.41) is 10.9. The lowest BCUT2D eigenvalue weighted by molar-refractivity contribution is -0.128. The van der Waals surface area contributed by atoms with Crippen LogP contribution in [0.25, 0.3) is 0 Å². The van der Waals surface area contributed by atoms with Crippen molar-refractivity contribution in [1.82, 2.24) is 10.8 Å². The van der Waals surface area contributed by atoms with Crippen LogP contribution in [0.2, 0.25) is 0 Å². The summed E-state index contributed by atoms with van der Waals surface area (Å²) < 4.78 is 0. The highest BCUT2D eigenvalue weighted by atomic mass is 16.5. The van der Waals surface area contributed by atoms with Crippen molar-refractivity contribution in [2.45, 2.75) is 0 Å². The van der Waals surface area contributed by atoms with Gasteiger partial charge in [0, 0.05) is 0 Å². The number of hydrogen-bond donors (Lipinski definition) is 3. The van der Waals surface area contributed by atoms with Crippen LogP contribution in [0, 0.1) is 0 Å². The van der Waals surface area contributed by atoms with E-state index in [-0.39, 0.29) is 6.54 Å². The maximum Gasteiger partial charge on any atom is 0.326 e. The van der Waals surface area contributed by atoms with Crippen molar-refractivity contribution in [1.29, 1.82) is 0 Å². The predicted molar refractivity (Wildman–Crippen MR) is 78.4 cm³/mol. The lowest BCUT2D eigenvalue weighted by atomic mass is 10.2. The standard InChI is InChI=1S/C15H15N3O3/c19-14(17-21)11-16-15(20)18(12-7-3-1-4-8-12)13-9-5-2-6-10-13/h1-10,21H,11H2,(H,16,20)(H,17,19). The van der Waals surface area contributed by atoms with Gasteiger partial charge in [0.2, 0.25) is 0 Å². The zero-order valence-electron chi connectivity index (χ0n) is 11.2. The van der Waals surface area contributed by atoms with Crippen LogP contribution in [-0.2, 0) is 4.79 Å². The number of hydroxylamine groups is 1. The summed E-state index contributed by atoms with van der Waals surface area (Å²) >= 11 is 0. The molecular weight excluding hydrogens is 270 g/mol. The highest BCUT2D eigenvalue weighted by Crippen LogP contribution is 2.24. The Morgan fingerprint density at radius 3 is 1.81 bits per heavy atom. The number of hydrogen-bond acceptors (Lipinski definition) is 3. The molecule has 0 aliphatic heterocycles. The molecule has 6 nitrogen and oxygen atoms in total. The summed E-state index contributed by atoms with van der Waals surface area (Å²) in [5.74, 6) is -0.690. The van der Waals surface area contributed by atoms with E-state index in [0.29, 0.717) is 11.4 Å². The van der Waals surface area contributed by atoms with Crippen molar-refractivity contribution in [2.75, 3.05) is 11.4 Å². The molecule has 0 fully saturated rings. The molecule has 6 heteroatoms. The van der Waals surface area contributed by atoms with E-state index in [1.54, 1.807) is 24.3 Å². The van der Waals surface area contributed by atoms with Gasteiger partial charge in [-0.15, -0.1) is 0 Å². The molecule has 0 spiro atoms. The van der Waals surface area contributed by atoms with Gasteiger partial charge in [0.1, 0.15) is 6.54 Å². The predicted octanol–water partition coefficient (Wildman–Crippen LogP) is 2.04. The monoisotopic (exact) mass is 285 g/mol. The van der Waals surface area contributed by atoms with E-state index in [1.807, 2.05) is 36.4 Å². The van der Waals surface area contributed by atoms with Crippen LogP contribution in [0.4, 0.5) is 16.2 Å². The molecule has 0 saturated carbocycles. The third kappa shape index (κ3) is 3.80. The Hall–Kier alpha value is -2.86. The van der Waals surface area contributed by atoms with Crippen LogP contribution in [0.15, 0.2) is 60.7 Å². The summed E-state index contributed by atoms with van der Waals surface area (Å²) in [7, 11) is 0. The topological polar surface area (TPSA) is 81.7 Å². The summed E-state index contributed by atoms with van der Waals surface area (Å²) in [6.07, 6.45) is 0. The molecule has 108 valence electrons. The van der Waals surface area contributed by atoms with E-state index >= 15 is 0 Å². The van der Waals surface area contributed by atoms with E-state index < -0.39 is 11.9 Å². The molecule has 0 radical (unpaired) electrons. The SMILES string of the molecule is O=C(CNC(=O)N(c1ccccc1)c1ccccc1)NO. The molecule has 0 heterocycles. The van der Waals surface area contributed by atoms with Gasteiger partial charge in [0.15, 0.2) is 0 Å². The van der Waals surface area contributed by atoms with Gasteiger partial charge in [-0.3, -0.25) is 14.9 Å². The van der Waals surface area contributed by atoms with Gasteiger partial charge in [-0.2, -0.15) is 0 Å². The number of nitrogens with zero attached hydrogens (tertiary/aromatic N) is 1. The highest BCUT2D eigenvalue weighted by molar-refractivity contribution is 6.00. The molecule has 0 unspecified atom stereocenters. The molecule has 0 aliphatic carbocycles. The number of benzene rings is 2. The van der Waals surface area contributed by atoms with E-state index in [0.717, 1.165) is 0 Å². The smallest absolute Gasteiger partial charge is 0.326 e. The maximum absolute atomic E-state index is 12.3. The number of para-hydroxylation sites is 2. The fourth-order valence-corrected chi connectivity index (χ4v) is 1.81. The number of urea groups is 1.